The highest BCUT2D eigenvalue weighted by atomic mass is 19.1. The van der Waals surface area contributed by atoms with Gasteiger partial charge in [0.15, 0.2) is 6.10 Å². The van der Waals surface area contributed by atoms with Crippen LogP contribution in [0.2, 0.25) is 0 Å². The molecule has 0 unspecified atom stereocenters. The zero-order chi connectivity index (χ0) is 22.2. The summed E-state index contributed by atoms with van der Waals surface area (Å²) in [7, 11) is 0. The number of nitrogens with one attached hydrogen (secondary N) is 1. The topological polar surface area (TPSA) is 58.6 Å². The van der Waals surface area contributed by atoms with E-state index in [1.165, 1.54) is 12.1 Å². The summed E-state index contributed by atoms with van der Waals surface area (Å²) in [5.41, 5.74) is 2.84. The number of ether oxygens (including phenoxy) is 1. The highest BCUT2D eigenvalue weighted by Crippen LogP contribution is 2.41. The van der Waals surface area contributed by atoms with Crippen molar-refractivity contribution in [3.63, 3.8) is 0 Å². The maximum atomic E-state index is 14.1. The molecule has 0 aromatic heterocycles. The maximum absolute atomic E-state index is 14.1. The van der Waals surface area contributed by atoms with Crippen LogP contribution in [-0.2, 0) is 16.0 Å². The largest absolute Gasteiger partial charge is 0.481 e. The molecule has 2 fully saturated rings. The minimum absolute atomic E-state index is 0.0834. The second-order valence-electron chi connectivity index (χ2n) is 9.17. The molecule has 1 heterocycles. The molecule has 2 aromatic carbocycles. The van der Waals surface area contributed by atoms with Crippen LogP contribution in [0.1, 0.15) is 61.8 Å². The molecule has 2 saturated carbocycles. The van der Waals surface area contributed by atoms with Crippen LogP contribution in [-0.4, -0.2) is 35.4 Å². The van der Waals surface area contributed by atoms with Gasteiger partial charge < -0.3 is 15.0 Å². The van der Waals surface area contributed by atoms with Gasteiger partial charge in [-0.3, -0.25) is 9.59 Å². The molecule has 2 amide bonds. The molecule has 0 radical (unpaired) electrons. The number of carbonyl (C=O) groups excluding carboxylic acids is 2. The van der Waals surface area contributed by atoms with Crippen LogP contribution in [0.3, 0.4) is 0 Å². The summed E-state index contributed by atoms with van der Waals surface area (Å²) in [4.78, 5) is 27.5. The monoisotopic (exact) mass is 436 g/mol. The molecule has 0 bridgehead atoms. The van der Waals surface area contributed by atoms with E-state index in [1.807, 2.05) is 36.1 Å². The van der Waals surface area contributed by atoms with Gasteiger partial charge in [-0.2, -0.15) is 0 Å². The number of rotatable bonds is 7. The summed E-state index contributed by atoms with van der Waals surface area (Å²) in [5.74, 6) is 0.432. The second-order valence-corrected chi connectivity index (χ2v) is 9.17. The molecule has 1 N–H and O–H groups in total. The van der Waals surface area contributed by atoms with Crippen molar-refractivity contribution in [3.05, 3.63) is 65.0 Å². The fourth-order valence-corrected chi connectivity index (χ4v) is 4.51. The average molecular weight is 437 g/mol. The van der Waals surface area contributed by atoms with Crippen LogP contribution >= 0.6 is 0 Å². The van der Waals surface area contributed by atoms with Gasteiger partial charge in [-0.15, -0.1) is 0 Å². The van der Waals surface area contributed by atoms with Gasteiger partial charge in [0.25, 0.3) is 5.91 Å². The van der Waals surface area contributed by atoms with Crippen LogP contribution in [0.5, 0.6) is 5.75 Å². The number of nitrogens with zero attached hydrogens (tertiary/aromatic N) is 1. The van der Waals surface area contributed by atoms with E-state index in [1.54, 1.807) is 6.07 Å². The van der Waals surface area contributed by atoms with Crippen molar-refractivity contribution in [2.45, 2.75) is 63.6 Å². The highest BCUT2D eigenvalue weighted by Gasteiger charge is 2.40. The van der Waals surface area contributed by atoms with Gasteiger partial charge in [-0.05, 0) is 79.5 Å². The molecule has 1 aliphatic heterocycles. The van der Waals surface area contributed by atoms with Crippen molar-refractivity contribution in [2.24, 2.45) is 5.92 Å². The Bertz CT molecular complexity index is 1030. The van der Waals surface area contributed by atoms with Crippen LogP contribution < -0.4 is 10.1 Å². The van der Waals surface area contributed by atoms with E-state index in [2.05, 4.69) is 5.32 Å². The van der Waals surface area contributed by atoms with Crippen molar-refractivity contribution in [2.75, 3.05) is 6.54 Å². The fraction of sp³-hybridized carbons (Fsp3) is 0.462. The molecular formula is C26H29FN2O3. The Kier molecular flexibility index (Phi) is 5.62. The minimum atomic E-state index is -0.561. The average Bonchev–Trinajstić information content (AvgIpc) is 3.70. The smallest absolute Gasteiger partial charge is 0.261 e. The minimum Gasteiger partial charge on any atom is -0.481 e. The fourth-order valence-electron chi connectivity index (χ4n) is 4.51. The van der Waals surface area contributed by atoms with Gasteiger partial charge in [-0.25, -0.2) is 4.39 Å². The predicted octanol–water partition coefficient (Wildman–Crippen LogP) is 4.15. The number of hydrogen-bond acceptors (Lipinski definition) is 3. The van der Waals surface area contributed by atoms with Crippen LogP contribution in [0.4, 0.5) is 4.39 Å². The Morgan fingerprint density at radius 1 is 1.16 bits per heavy atom. The normalized spacial score (nSPS) is 20.9. The molecule has 2 atom stereocenters. The Hall–Kier alpha value is -2.89. The quantitative estimate of drug-likeness (QED) is 0.710. The zero-order valence-corrected chi connectivity index (χ0v) is 18.4. The highest BCUT2D eigenvalue weighted by molar-refractivity contribution is 5.83. The summed E-state index contributed by atoms with van der Waals surface area (Å²) in [6.07, 6.45) is 4.66. The third-order valence-electron chi connectivity index (χ3n) is 6.59. The lowest BCUT2D eigenvalue weighted by Gasteiger charge is -2.38. The molecule has 5 nitrogen and oxygen atoms in total. The van der Waals surface area contributed by atoms with E-state index in [0.29, 0.717) is 18.7 Å². The summed E-state index contributed by atoms with van der Waals surface area (Å²) >= 11 is 0. The number of amides is 2. The van der Waals surface area contributed by atoms with Crippen molar-refractivity contribution in [1.82, 2.24) is 10.2 Å². The number of hydrogen-bond donors (Lipinski definition) is 1. The summed E-state index contributed by atoms with van der Waals surface area (Å²) in [5, 5.41) is 3.01. The first kappa shape index (κ1) is 21.0. The van der Waals surface area contributed by atoms with Gasteiger partial charge in [0.05, 0.1) is 6.04 Å². The number of benzene rings is 2. The molecule has 2 aromatic rings. The van der Waals surface area contributed by atoms with E-state index >= 15 is 0 Å². The molecule has 2 aliphatic carbocycles. The second kappa shape index (κ2) is 8.57. The SMILES string of the molecule is CC[C@@H](Oc1ccc2c(c1)[C@H](c1cccc(F)c1)N(C(=O)C1CC1)CC2)C(=O)NC1CC1. The Balaban J connectivity index is 1.47. The first-order valence-electron chi connectivity index (χ1n) is 11.7. The molecular weight excluding hydrogens is 407 g/mol. The van der Waals surface area contributed by atoms with Gasteiger partial charge in [-0.1, -0.05) is 25.1 Å². The van der Waals surface area contributed by atoms with Gasteiger partial charge >= 0.3 is 0 Å². The molecule has 32 heavy (non-hydrogen) atoms. The molecule has 5 rings (SSSR count). The summed E-state index contributed by atoms with van der Waals surface area (Å²) in [6, 6.07) is 12.3. The third-order valence-corrected chi connectivity index (χ3v) is 6.59. The lowest BCUT2D eigenvalue weighted by molar-refractivity contribution is -0.134. The molecule has 3 aliphatic rings. The van der Waals surface area contributed by atoms with E-state index in [0.717, 1.165) is 48.8 Å². The van der Waals surface area contributed by atoms with Crippen LogP contribution in [0.15, 0.2) is 42.5 Å². The van der Waals surface area contributed by atoms with Crippen molar-refractivity contribution < 1.29 is 18.7 Å². The number of carbonyl (C=O) groups is 2. The first-order chi connectivity index (χ1) is 15.5. The van der Waals surface area contributed by atoms with Crippen LogP contribution in [0, 0.1) is 11.7 Å². The molecule has 168 valence electrons. The predicted molar refractivity (Wildman–Crippen MR) is 119 cm³/mol. The molecule has 6 heteroatoms. The van der Waals surface area contributed by atoms with Crippen molar-refractivity contribution >= 4 is 11.8 Å². The van der Waals surface area contributed by atoms with E-state index < -0.39 is 6.10 Å². The maximum Gasteiger partial charge on any atom is 0.261 e. The Labute approximate surface area is 187 Å². The van der Waals surface area contributed by atoms with Gasteiger partial charge in [0, 0.05) is 18.5 Å². The lowest BCUT2D eigenvalue weighted by Crippen LogP contribution is -2.41. The molecule has 0 saturated heterocycles. The van der Waals surface area contributed by atoms with E-state index in [9.17, 15) is 14.0 Å². The van der Waals surface area contributed by atoms with Gasteiger partial charge in [0.1, 0.15) is 11.6 Å². The van der Waals surface area contributed by atoms with E-state index in [4.69, 9.17) is 4.74 Å². The van der Waals surface area contributed by atoms with Crippen LogP contribution in [0.25, 0.3) is 0 Å². The Morgan fingerprint density at radius 3 is 2.66 bits per heavy atom. The zero-order valence-electron chi connectivity index (χ0n) is 18.4. The van der Waals surface area contributed by atoms with Crippen molar-refractivity contribution in [1.29, 1.82) is 0 Å². The van der Waals surface area contributed by atoms with E-state index in [-0.39, 0.29) is 35.6 Å². The van der Waals surface area contributed by atoms with Crippen molar-refractivity contribution in [3.8, 4) is 5.75 Å². The number of halogens is 1. The standard InChI is InChI=1S/C26H29FN2O3/c1-2-23(25(30)28-20-9-10-20)32-21-11-8-16-12-13-29(26(31)17-6-7-17)24(22(16)15-21)18-4-3-5-19(27)14-18/h3-5,8,11,14-15,17,20,23-24H,2,6-7,9-10,12-13H2,1H3,(H,28,30)/t23-,24+/m1/s1. The Morgan fingerprint density at radius 2 is 1.97 bits per heavy atom. The summed E-state index contributed by atoms with van der Waals surface area (Å²) in [6.45, 7) is 2.55. The number of fused-ring (bicyclic) bond motifs is 1. The molecule has 0 spiro atoms. The van der Waals surface area contributed by atoms with Gasteiger partial charge in [0.2, 0.25) is 5.91 Å². The lowest BCUT2D eigenvalue weighted by atomic mass is 9.87. The summed E-state index contributed by atoms with van der Waals surface area (Å²) < 4.78 is 20.2. The first-order valence-corrected chi connectivity index (χ1v) is 11.7. The third kappa shape index (κ3) is 4.36.